The maximum atomic E-state index is 14.0. The Labute approximate surface area is 249 Å². The molecule has 216 valence electrons. The van der Waals surface area contributed by atoms with E-state index in [1.54, 1.807) is 6.07 Å². The molecule has 0 amide bonds. The number of rotatable bonds is 7. The second-order valence-corrected chi connectivity index (χ2v) is 15.1. The van der Waals surface area contributed by atoms with Crippen LogP contribution in [0.15, 0.2) is 42.5 Å². The first-order chi connectivity index (χ1) is 20.2. The summed E-state index contributed by atoms with van der Waals surface area (Å²) in [5.41, 5.74) is 2.95. The lowest BCUT2D eigenvalue weighted by molar-refractivity contribution is -0.125. The van der Waals surface area contributed by atoms with Crippen LogP contribution in [0.3, 0.4) is 0 Å². The Kier molecular flexibility index (Phi) is 7.63. The second kappa shape index (κ2) is 11.2. The van der Waals surface area contributed by atoms with Crippen molar-refractivity contribution in [3.05, 3.63) is 59.5 Å². The Hall–Kier alpha value is -3.60. The van der Waals surface area contributed by atoms with Gasteiger partial charge in [-0.3, -0.25) is 4.79 Å². The topological polar surface area (TPSA) is 115 Å². The third-order valence-corrected chi connectivity index (χ3v) is 11.7. The van der Waals surface area contributed by atoms with Crippen LogP contribution in [0.4, 0.5) is 10.1 Å². The first-order valence-electron chi connectivity index (χ1n) is 14.4. The zero-order chi connectivity index (χ0) is 29.5. The molecule has 2 atom stereocenters. The van der Waals surface area contributed by atoms with Gasteiger partial charge in [0.1, 0.15) is 16.6 Å². The number of nitriles is 2. The number of halogens is 1. The molecule has 2 heterocycles. The molecular weight excluding hydrogens is 572 g/mol. The Morgan fingerprint density at radius 3 is 2.45 bits per heavy atom. The predicted octanol–water partition coefficient (Wildman–Crippen LogP) is 6.26. The van der Waals surface area contributed by atoms with Gasteiger partial charge in [-0.15, -0.1) is 11.3 Å². The number of anilines is 1. The molecule has 2 aromatic carbocycles. The number of ketones is 1. The molecule has 10 heteroatoms. The molecule has 3 fully saturated rings. The second-order valence-electron chi connectivity index (χ2n) is 11.8. The van der Waals surface area contributed by atoms with Crippen LogP contribution < -0.4 is 4.90 Å². The van der Waals surface area contributed by atoms with Gasteiger partial charge in [0.05, 0.1) is 45.2 Å². The summed E-state index contributed by atoms with van der Waals surface area (Å²) in [5.74, 6) is -0.414. The largest absolute Gasteiger partial charge is 0.369 e. The summed E-state index contributed by atoms with van der Waals surface area (Å²) >= 11 is 1.44. The summed E-state index contributed by atoms with van der Waals surface area (Å²) < 4.78 is 37.8. The summed E-state index contributed by atoms with van der Waals surface area (Å²) in [6.07, 6.45) is 5.32. The molecule has 0 spiro atoms. The molecule has 3 aliphatic rings. The minimum absolute atomic E-state index is 0.112. The lowest BCUT2D eigenvalue weighted by Crippen LogP contribution is -2.40. The lowest BCUT2D eigenvalue weighted by atomic mass is 9.73. The summed E-state index contributed by atoms with van der Waals surface area (Å²) in [4.78, 5) is 21.7. The van der Waals surface area contributed by atoms with E-state index in [-0.39, 0.29) is 41.1 Å². The first kappa shape index (κ1) is 28.5. The highest BCUT2D eigenvalue weighted by molar-refractivity contribution is 7.91. The summed E-state index contributed by atoms with van der Waals surface area (Å²) in [5, 5.41) is 20.0. The Morgan fingerprint density at radius 2 is 1.79 bits per heavy atom. The van der Waals surface area contributed by atoms with Crippen molar-refractivity contribution in [2.75, 3.05) is 29.5 Å². The average Bonchev–Trinajstić information content (AvgIpc) is 3.64. The van der Waals surface area contributed by atoms with Crippen molar-refractivity contribution in [2.24, 2.45) is 11.3 Å². The monoisotopic (exact) mass is 602 g/mol. The van der Waals surface area contributed by atoms with Gasteiger partial charge in [0, 0.05) is 42.6 Å². The number of nitrogens with zero attached hydrogens (tertiary/aromatic N) is 4. The van der Waals surface area contributed by atoms with Crippen LogP contribution in [0.5, 0.6) is 0 Å². The first-order valence-corrected chi connectivity index (χ1v) is 17.1. The minimum atomic E-state index is -2.99. The highest BCUT2D eigenvalue weighted by Gasteiger charge is 2.47. The van der Waals surface area contributed by atoms with Crippen molar-refractivity contribution in [2.45, 2.75) is 50.9 Å². The van der Waals surface area contributed by atoms with E-state index in [0.29, 0.717) is 23.7 Å². The number of hydrogen-bond acceptors (Lipinski definition) is 8. The van der Waals surface area contributed by atoms with Crippen molar-refractivity contribution < 1.29 is 17.6 Å². The van der Waals surface area contributed by atoms with Crippen LogP contribution in [0.1, 0.15) is 62.1 Å². The van der Waals surface area contributed by atoms with Gasteiger partial charge in [-0.2, -0.15) is 10.5 Å². The highest BCUT2D eigenvalue weighted by atomic mass is 32.2. The van der Waals surface area contributed by atoms with Crippen LogP contribution in [-0.4, -0.2) is 43.8 Å². The lowest BCUT2D eigenvalue weighted by Gasteiger charge is -2.31. The molecule has 0 N–H and O–H groups in total. The van der Waals surface area contributed by atoms with E-state index in [4.69, 9.17) is 4.98 Å². The van der Waals surface area contributed by atoms with E-state index in [0.717, 1.165) is 60.3 Å². The summed E-state index contributed by atoms with van der Waals surface area (Å²) in [6, 6.07) is 16.6. The molecule has 3 aromatic rings. The maximum Gasteiger partial charge on any atom is 0.153 e. The number of benzene rings is 2. The third kappa shape index (κ3) is 5.71. The fraction of sp³-hybridized carbons (Fsp3) is 0.438. The molecule has 2 aliphatic carbocycles. The predicted molar refractivity (Wildman–Crippen MR) is 160 cm³/mol. The number of thiazole rings is 1. The summed E-state index contributed by atoms with van der Waals surface area (Å²) in [7, 11) is -2.99. The van der Waals surface area contributed by atoms with E-state index in [1.165, 1.54) is 23.5 Å². The molecule has 0 radical (unpaired) electrons. The van der Waals surface area contributed by atoms with Crippen molar-refractivity contribution in [3.8, 4) is 33.2 Å². The van der Waals surface area contributed by atoms with Gasteiger partial charge < -0.3 is 4.90 Å². The van der Waals surface area contributed by atoms with E-state index in [1.807, 2.05) is 24.3 Å². The normalized spacial score (nSPS) is 22.6. The van der Waals surface area contributed by atoms with Gasteiger partial charge >= 0.3 is 0 Å². The fourth-order valence-electron chi connectivity index (χ4n) is 6.28. The average molecular weight is 603 g/mol. The fourth-order valence-corrected chi connectivity index (χ4v) is 8.66. The van der Waals surface area contributed by atoms with Gasteiger partial charge in [0.2, 0.25) is 0 Å². The number of Topliss-reactive ketones (excluding diaryl/α,β-unsaturated/α-hetero) is 1. The smallest absolute Gasteiger partial charge is 0.153 e. The van der Waals surface area contributed by atoms with Crippen molar-refractivity contribution in [1.29, 1.82) is 10.5 Å². The van der Waals surface area contributed by atoms with E-state index < -0.39 is 21.1 Å². The van der Waals surface area contributed by atoms with Crippen molar-refractivity contribution in [3.63, 3.8) is 0 Å². The van der Waals surface area contributed by atoms with Crippen molar-refractivity contribution in [1.82, 2.24) is 4.98 Å². The maximum absolute atomic E-state index is 14.0. The van der Waals surface area contributed by atoms with E-state index in [9.17, 15) is 28.1 Å². The van der Waals surface area contributed by atoms with E-state index in [2.05, 4.69) is 17.0 Å². The molecule has 6 rings (SSSR count). The van der Waals surface area contributed by atoms with Crippen LogP contribution in [-0.2, 0) is 14.6 Å². The standard InChI is InChI=1S/C32H31FN4O3S2/c33-23-7-10-25(22(17-23)19-34)31-36-29(27-4-2-1-3-26(27)28(38)18-32(20-35)11-12-32)30(41-31)21-5-8-24(9-6-21)37-13-15-42(39,40)16-14-37/h5-10,17,26-27H,1-4,11-16,18H2/t26-,27-/m1/s1. The Bertz CT molecular complexity index is 1700. The summed E-state index contributed by atoms with van der Waals surface area (Å²) in [6.45, 7) is 0.907. The number of hydrogen-bond donors (Lipinski definition) is 0. The zero-order valence-corrected chi connectivity index (χ0v) is 24.8. The highest BCUT2D eigenvalue weighted by Crippen LogP contribution is 2.52. The van der Waals surface area contributed by atoms with Gasteiger partial charge in [0.25, 0.3) is 0 Å². The molecule has 42 heavy (non-hydrogen) atoms. The van der Waals surface area contributed by atoms with Crippen LogP contribution >= 0.6 is 11.3 Å². The number of sulfone groups is 1. The molecule has 2 saturated carbocycles. The molecule has 7 nitrogen and oxygen atoms in total. The van der Waals surface area contributed by atoms with Crippen LogP contribution in [0, 0.1) is 39.8 Å². The van der Waals surface area contributed by atoms with E-state index >= 15 is 0 Å². The third-order valence-electron chi connectivity index (χ3n) is 8.96. The minimum Gasteiger partial charge on any atom is -0.369 e. The van der Waals surface area contributed by atoms with Gasteiger partial charge in [-0.05, 0) is 61.6 Å². The molecule has 0 unspecified atom stereocenters. The Balaban J connectivity index is 1.38. The number of aromatic nitrogens is 1. The van der Waals surface area contributed by atoms with Crippen LogP contribution in [0.25, 0.3) is 21.0 Å². The molecule has 1 saturated heterocycles. The SMILES string of the molecule is N#Cc1cc(F)ccc1-c1nc([C@@H]2CCCC[C@H]2C(=O)CC2(C#N)CC2)c(-c2ccc(N3CCS(=O)(=O)CC3)cc2)s1. The number of carbonyl (C=O) groups excluding carboxylic acids is 1. The Morgan fingerprint density at radius 1 is 1.07 bits per heavy atom. The van der Waals surface area contributed by atoms with Gasteiger partial charge in [0.15, 0.2) is 9.84 Å². The number of carbonyl (C=O) groups is 1. The molecule has 1 aliphatic heterocycles. The van der Waals surface area contributed by atoms with Gasteiger partial charge in [-0.25, -0.2) is 17.8 Å². The quantitative estimate of drug-likeness (QED) is 0.314. The zero-order valence-electron chi connectivity index (χ0n) is 23.2. The van der Waals surface area contributed by atoms with Crippen molar-refractivity contribution >= 4 is 32.6 Å². The van der Waals surface area contributed by atoms with Crippen LogP contribution in [0.2, 0.25) is 0 Å². The van der Waals surface area contributed by atoms with Gasteiger partial charge in [-0.1, -0.05) is 25.0 Å². The molecular formula is C32H31FN4O3S2. The molecule has 1 aromatic heterocycles. The molecule has 0 bridgehead atoms.